The molecule has 1 atom stereocenters. The molecule has 0 aliphatic rings. The third-order valence-electron chi connectivity index (χ3n) is 1.29. The molecule has 0 amide bonds. The van der Waals surface area contributed by atoms with Gasteiger partial charge in [-0.2, -0.15) is 4.40 Å². The molecule has 1 rings (SSSR count). The molecule has 0 N–H and O–H groups in total. The summed E-state index contributed by atoms with van der Waals surface area (Å²) < 4.78 is 15.6. The second-order valence-corrected chi connectivity index (χ2v) is 7.19. The third-order valence-corrected chi connectivity index (χ3v) is 3.69. The van der Waals surface area contributed by atoms with Crippen LogP contribution in [0.4, 0.5) is 0 Å². The van der Waals surface area contributed by atoms with Crippen molar-refractivity contribution in [3.8, 4) is 0 Å². The highest BCUT2D eigenvalue weighted by molar-refractivity contribution is 7.85. The lowest BCUT2D eigenvalue weighted by Crippen LogP contribution is -2.19. The zero-order valence-electron chi connectivity index (χ0n) is 8.15. The van der Waals surface area contributed by atoms with Gasteiger partial charge in [-0.1, -0.05) is 11.6 Å². The van der Waals surface area contributed by atoms with E-state index in [4.69, 9.17) is 11.6 Å². The molecule has 78 valence electrons. The molecule has 0 aliphatic carbocycles. The Morgan fingerprint density at radius 3 is 2.71 bits per heavy atom. The van der Waals surface area contributed by atoms with Gasteiger partial charge >= 0.3 is 0 Å². The number of aromatic nitrogens is 1. The maximum atomic E-state index is 11.5. The van der Waals surface area contributed by atoms with Crippen LogP contribution < -0.4 is 0 Å². The average Bonchev–Trinajstić information content (AvgIpc) is 2.45. The van der Waals surface area contributed by atoms with Gasteiger partial charge in [0, 0.05) is 6.20 Å². The fourth-order valence-corrected chi connectivity index (χ4v) is 2.00. The summed E-state index contributed by atoms with van der Waals surface area (Å²) in [4.78, 5) is 4.66. The van der Waals surface area contributed by atoms with E-state index in [-0.39, 0.29) is 4.75 Å². The number of hydrogen-bond donors (Lipinski definition) is 0. The second kappa shape index (κ2) is 4.51. The summed E-state index contributed by atoms with van der Waals surface area (Å²) in [6, 6.07) is 0. The van der Waals surface area contributed by atoms with Crippen LogP contribution in [0.1, 0.15) is 25.6 Å². The molecule has 0 aromatic carbocycles. The Kier molecular flexibility index (Phi) is 3.80. The minimum absolute atomic E-state index is 0.328. The zero-order valence-corrected chi connectivity index (χ0v) is 10.5. The van der Waals surface area contributed by atoms with Crippen molar-refractivity contribution in [1.82, 2.24) is 4.98 Å². The topological polar surface area (TPSA) is 42.3 Å². The standard InChI is InChI=1S/C8H11ClN2OS2/c1-8(2,3)14(12)11-5-6-4-10-7(9)13-6/h4-5H,1-3H3/b11-5+. The van der Waals surface area contributed by atoms with Gasteiger partial charge in [0.25, 0.3) is 0 Å². The molecule has 0 saturated heterocycles. The van der Waals surface area contributed by atoms with Crippen molar-refractivity contribution in [3.63, 3.8) is 0 Å². The van der Waals surface area contributed by atoms with Crippen LogP contribution in [0.5, 0.6) is 0 Å². The monoisotopic (exact) mass is 250 g/mol. The molecule has 14 heavy (non-hydrogen) atoms. The van der Waals surface area contributed by atoms with Gasteiger partial charge in [0.05, 0.1) is 15.8 Å². The first-order valence-electron chi connectivity index (χ1n) is 3.97. The van der Waals surface area contributed by atoms with Crippen molar-refractivity contribution in [2.24, 2.45) is 4.40 Å². The van der Waals surface area contributed by atoms with E-state index in [1.165, 1.54) is 11.3 Å². The van der Waals surface area contributed by atoms with Gasteiger partial charge in [0.15, 0.2) is 4.47 Å². The normalized spacial score (nSPS) is 14.9. The van der Waals surface area contributed by atoms with Crippen LogP contribution in [0.25, 0.3) is 0 Å². The van der Waals surface area contributed by atoms with E-state index >= 15 is 0 Å². The molecule has 0 radical (unpaired) electrons. The lowest BCUT2D eigenvalue weighted by Gasteiger charge is -2.12. The lowest BCUT2D eigenvalue weighted by molar-refractivity contribution is 0.651. The molecule has 0 saturated carbocycles. The second-order valence-electron chi connectivity index (χ2n) is 3.61. The van der Waals surface area contributed by atoms with Gasteiger partial charge in [-0.05, 0) is 20.8 Å². The molecule has 1 aromatic heterocycles. The first kappa shape index (κ1) is 11.8. The fourth-order valence-electron chi connectivity index (χ4n) is 0.582. The molecule has 1 aromatic rings. The molecule has 1 unspecified atom stereocenters. The Morgan fingerprint density at radius 1 is 1.64 bits per heavy atom. The van der Waals surface area contributed by atoms with E-state index in [1.807, 2.05) is 20.8 Å². The van der Waals surface area contributed by atoms with Gasteiger partial charge in [0.2, 0.25) is 0 Å². The van der Waals surface area contributed by atoms with Crippen molar-refractivity contribution in [1.29, 1.82) is 0 Å². The van der Waals surface area contributed by atoms with Gasteiger partial charge in [-0.3, -0.25) is 0 Å². The van der Waals surface area contributed by atoms with Crippen molar-refractivity contribution >= 4 is 40.1 Å². The van der Waals surface area contributed by atoms with Crippen LogP contribution >= 0.6 is 22.9 Å². The highest BCUT2D eigenvalue weighted by Crippen LogP contribution is 2.17. The van der Waals surface area contributed by atoms with Crippen molar-refractivity contribution in [2.45, 2.75) is 25.5 Å². The maximum absolute atomic E-state index is 11.5. The van der Waals surface area contributed by atoms with Crippen LogP contribution in [0, 0.1) is 0 Å². The Labute approximate surface area is 94.8 Å². The summed E-state index contributed by atoms with van der Waals surface area (Å²) in [6.07, 6.45) is 3.15. The molecule has 0 spiro atoms. The predicted molar refractivity (Wildman–Crippen MR) is 62.6 cm³/mol. The minimum atomic E-state index is -1.22. The maximum Gasteiger partial charge on any atom is 0.184 e. The summed E-state index contributed by atoms with van der Waals surface area (Å²) in [5.74, 6) is 0. The van der Waals surface area contributed by atoms with Crippen LogP contribution in [0.2, 0.25) is 4.47 Å². The highest BCUT2D eigenvalue weighted by Gasteiger charge is 2.18. The minimum Gasteiger partial charge on any atom is -0.234 e. The Morgan fingerprint density at radius 2 is 2.29 bits per heavy atom. The van der Waals surface area contributed by atoms with Crippen LogP contribution in [-0.2, 0) is 11.0 Å². The van der Waals surface area contributed by atoms with E-state index in [1.54, 1.807) is 12.4 Å². The fraction of sp³-hybridized carbons (Fsp3) is 0.500. The van der Waals surface area contributed by atoms with Gasteiger partial charge in [-0.15, -0.1) is 11.3 Å². The van der Waals surface area contributed by atoms with E-state index in [0.717, 1.165) is 4.88 Å². The van der Waals surface area contributed by atoms with Crippen molar-refractivity contribution in [3.05, 3.63) is 15.5 Å². The van der Waals surface area contributed by atoms with E-state index < -0.39 is 11.0 Å². The molecular weight excluding hydrogens is 240 g/mol. The number of nitrogens with zero attached hydrogens (tertiary/aromatic N) is 2. The van der Waals surface area contributed by atoms with Gasteiger partial charge in [-0.25, -0.2) is 9.19 Å². The average molecular weight is 251 g/mol. The number of thiazole rings is 1. The molecule has 1 heterocycles. The number of hydrogen-bond acceptors (Lipinski definition) is 3. The lowest BCUT2D eigenvalue weighted by atomic mass is 10.3. The predicted octanol–water partition coefficient (Wildman–Crippen LogP) is 2.68. The smallest absolute Gasteiger partial charge is 0.184 e. The summed E-state index contributed by atoms with van der Waals surface area (Å²) in [5, 5.41) is 0. The molecule has 0 fully saturated rings. The Balaban J connectivity index is 2.70. The van der Waals surface area contributed by atoms with Gasteiger partial charge in [0.1, 0.15) is 11.0 Å². The van der Waals surface area contributed by atoms with Gasteiger partial charge < -0.3 is 0 Å². The van der Waals surface area contributed by atoms with Crippen molar-refractivity contribution in [2.75, 3.05) is 0 Å². The quantitative estimate of drug-likeness (QED) is 0.758. The largest absolute Gasteiger partial charge is 0.234 e. The highest BCUT2D eigenvalue weighted by atomic mass is 35.5. The Bertz CT molecular complexity index is 368. The SMILES string of the molecule is CC(C)(C)S(=O)/N=C/c1cnc(Cl)s1. The molecule has 6 heteroatoms. The molecule has 3 nitrogen and oxygen atoms in total. The van der Waals surface area contributed by atoms with Crippen LogP contribution in [-0.4, -0.2) is 20.2 Å². The summed E-state index contributed by atoms with van der Waals surface area (Å²) >= 11 is 6.95. The van der Waals surface area contributed by atoms with E-state index in [0.29, 0.717) is 4.47 Å². The summed E-state index contributed by atoms with van der Waals surface area (Å²) in [5.41, 5.74) is 0. The van der Waals surface area contributed by atoms with Crippen LogP contribution in [0.3, 0.4) is 0 Å². The van der Waals surface area contributed by atoms with E-state index in [2.05, 4.69) is 9.38 Å². The summed E-state index contributed by atoms with van der Waals surface area (Å²) in [6.45, 7) is 5.63. The third kappa shape index (κ3) is 3.48. The first-order chi connectivity index (χ1) is 6.39. The molecular formula is C8H11ClN2OS2. The van der Waals surface area contributed by atoms with Crippen molar-refractivity contribution < 1.29 is 4.21 Å². The van der Waals surface area contributed by atoms with Crippen LogP contribution in [0.15, 0.2) is 10.6 Å². The molecule has 0 bridgehead atoms. The number of halogens is 1. The zero-order chi connectivity index (χ0) is 10.8. The number of rotatable bonds is 2. The van der Waals surface area contributed by atoms with E-state index in [9.17, 15) is 4.21 Å². The summed E-state index contributed by atoms with van der Waals surface area (Å²) in [7, 11) is -1.22. The molecule has 0 aliphatic heterocycles. The first-order valence-corrected chi connectivity index (χ1v) is 6.27. The Hall–Kier alpha value is -0.260.